The lowest BCUT2D eigenvalue weighted by Gasteiger charge is -2.23. The molecule has 2 nitrogen and oxygen atoms in total. The molecule has 114 valence electrons. The lowest BCUT2D eigenvalue weighted by Crippen LogP contribution is -2.30. The van der Waals surface area contributed by atoms with E-state index < -0.39 is 0 Å². The summed E-state index contributed by atoms with van der Waals surface area (Å²) < 4.78 is 13.1. The van der Waals surface area contributed by atoms with E-state index in [0.29, 0.717) is 12.1 Å². The van der Waals surface area contributed by atoms with E-state index in [1.807, 2.05) is 60.7 Å². The van der Waals surface area contributed by atoms with Gasteiger partial charge < -0.3 is 4.90 Å². The topological polar surface area (TPSA) is 20.3 Å². The highest BCUT2D eigenvalue weighted by atomic mass is 19.1. The molecular formula is C20H16FNO. The molecule has 1 amide bonds. The number of carbonyl (C=O) groups is 1. The molecule has 0 radical (unpaired) electrons. The van der Waals surface area contributed by atoms with Crippen molar-refractivity contribution in [2.75, 3.05) is 4.90 Å². The Morgan fingerprint density at radius 2 is 1.35 bits per heavy atom. The van der Waals surface area contributed by atoms with Gasteiger partial charge in [0, 0.05) is 11.3 Å². The van der Waals surface area contributed by atoms with Crippen molar-refractivity contribution in [3.05, 3.63) is 102 Å². The molecule has 3 aromatic rings. The van der Waals surface area contributed by atoms with E-state index >= 15 is 0 Å². The average molecular weight is 305 g/mol. The minimum Gasteiger partial charge on any atom is -0.304 e. The Bertz CT molecular complexity index is 770. The molecular weight excluding hydrogens is 289 g/mol. The summed E-state index contributed by atoms with van der Waals surface area (Å²) in [6.07, 6.45) is 0. The summed E-state index contributed by atoms with van der Waals surface area (Å²) >= 11 is 0. The van der Waals surface area contributed by atoms with Crippen molar-refractivity contribution < 1.29 is 9.18 Å². The summed E-state index contributed by atoms with van der Waals surface area (Å²) in [5.41, 5.74) is 2.31. The predicted molar refractivity (Wildman–Crippen MR) is 89.8 cm³/mol. The largest absolute Gasteiger partial charge is 0.304 e. The van der Waals surface area contributed by atoms with Gasteiger partial charge in [-0.1, -0.05) is 48.5 Å². The van der Waals surface area contributed by atoms with Crippen molar-refractivity contribution in [3.63, 3.8) is 0 Å². The number of hydrogen-bond donors (Lipinski definition) is 0. The van der Waals surface area contributed by atoms with Gasteiger partial charge in [0.15, 0.2) is 0 Å². The molecule has 0 N–H and O–H groups in total. The SMILES string of the molecule is O=C(c1ccc(F)cc1)N(Cc1ccccc1)c1ccccc1. The van der Waals surface area contributed by atoms with Crippen LogP contribution in [-0.4, -0.2) is 5.91 Å². The Balaban J connectivity index is 1.94. The van der Waals surface area contributed by atoms with Crippen LogP contribution in [0.3, 0.4) is 0 Å². The summed E-state index contributed by atoms with van der Waals surface area (Å²) in [4.78, 5) is 14.6. The smallest absolute Gasteiger partial charge is 0.258 e. The van der Waals surface area contributed by atoms with Crippen LogP contribution in [0.5, 0.6) is 0 Å². The second kappa shape index (κ2) is 6.88. The summed E-state index contributed by atoms with van der Waals surface area (Å²) in [5, 5.41) is 0. The third kappa shape index (κ3) is 3.64. The number of nitrogens with zero attached hydrogens (tertiary/aromatic N) is 1. The average Bonchev–Trinajstić information content (AvgIpc) is 2.61. The maximum Gasteiger partial charge on any atom is 0.258 e. The van der Waals surface area contributed by atoms with Crippen molar-refractivity contribution in [1.29, 1.82) is 0 Å². The van der Waals surface area contributed by atoms with Crippen LogP contribution in [0.25, 0.3) is 0 Å². The fourth-order valence-electron chi connectivity index (χ4n) is 2.40. The maximum absolute atomic E-state index is 13.1. The minimum atomic E-state index is -0.351. The van der Waals surface area contributed by atoms with Gasteiger partial charge in [-0.05, 0) is 42.0 Å². The monoisotopic (exact) mass is 305 g/mol. The van der Waals surface area contributed by atoms with Crippen LogP contribution in [0.1, 0.15) is 15.9 Å². The van der Waals surface area contributed by atoms with Gasteiger partial charge in [0.1, 0.15) is 5.82 Å². The number of rotatable bonds is 4. The molecule has 0 spiro atoms. The Labute approximate surface area is 134 Å². The number of anilines is 1. The van der Waals surface area contributed by atoms with Gasteiger partial charge in [0.25, 0.3) is 5.91 Å². The zero-order chi connectivity index (χ0) is 16.1. The molecule has 23 heavy (non-hydrogen) atoms. The molecule has 0 aliphatic carbocycles. The molecule has 0 fully saturated rings. The molecule has 0 heterocycles. The highest BCUT2D eigenvalue weighted by Gasteiger charge is 2.18. The molecule has 0 bridgehead atoms. The molecule has 3 aromatic carbocycles. The highest BCUT2D eigenvalue weighted by Crippen LogP contribution is 2.20. The number of benzene rings is 3. The highest BCUT2D eigenvalue weighted by molar-refractivity contribution is 6.05. The van der Waals surface area contributed by atoms with Crippen LogP contribution >= 0.6 is 0 Å². The number of hydrogen-bond acceptors (Lipinski definition) is 1. The van der Waals surface area contributed by atoms with E-state index in [-0.39, 0.29) is 11.7 Å². The Kier molecular flexibility index (Phi) is 4.48. The lowest BCUT2D eigenvalue weighted by atomic mass is 10.1. The maximum atomic E-state index is 13.1. The Hall–Kier alpha value is -2.94. The summed E-state index contributed by atoms with van der Waals surface area (Å²) in [6, 6.07) is 24.9. The fraction of sp³-hybridized carbons (Fsp3) is 0.0500. The van der Waals surface area contributed by atoms with Gasteiger partial charge in [-0.25, -0.2) is 4.39 Å². The second-order valence-corrected chi connectivity index (χ2v) is 5.22. The van der Waals surface area contributed by atoms with Crippen LogP contribution < -0.4 is 4.90 Å². The zero-order valence-electron chi connectivity index (χ0n) is 12.5. The standard InChI is InChI=1S/C20H16FNO/c21-18-13-11-17(12-14-18)20(23)22(19-9-5-2-6-10-19)15-16-7-3-1-4-8-16/h1-14H,15H2. The van der Waals surface area contributed by atoms with E-state index in [1.54, 1.807) is 4.90 Å². The molecule has 0 aliphatic rings. The lowest BCUT2D eigenvalue weighted by molar-refractivity contribution is 0.0985. The van der Waals surface area contributed by atoms with Crippen LogP contribution in [0, 0.1) is 5.82 Å². The van der Waals surface area contributed by atoms with Crippen LogP contribution in [0.2, 0.25) is 0 Å². The fourth-order valence-corrected chi connectivity index (χ4v) is 2.40. The van der Waals surface area contributed by atoms with E-state index in [9.17, 15) is 9.18 Å². The first-order chi connectivity index (χ1) is 11.2. The predicted octanol–water partition coefficient (Wildman–Crippen LogP) is 4.67. The van der Waals surface area contributed by atoms with Gasteiger partial charge in [-0.2, -0.15) is 0 Å². The molecule has 0 unspecified atom stereocenters. The van der Waals surface area contributed by atoms with Crippen molar-refractivity contribution >= 4 is 11.6 Å². The Morgan fingerprint density at radius 1 is 0.783 bits per heavy atom. The molecule has 0 aliphatic heterocycles. The van der Waals surface area contributed by atoms with Gasteiger partial charge >= 0.3 is 0 Å². The first-order valence-electron chi connectivity index (χ1n) is 7.40. The summed E-state index contributed by atoms with van der Waals surface area (Å²) in [7, 11) is 0. The van der Waals surface area contributed by atoms with Gasteiger partial charge in [0.2, 0.25) is 0 Å². The molecule has 0 aromatic heterocycles. The van der Waals surface area contributed by atoms with E-state index in [2.05, 4.69) is 0 Å². The van der Waals surface area contributed by atoms with E-state index in [0.717, 1.165) is 11.3 Å². The van der Waals surface area contributed by atoms with E-state index in [4.69, 9.17) is 0 Å². The normalized spacial score (nSPS) is 10.3. The van der Waals surface area contributed by atoms with E-state index in [1.165, 1.54) is 24.3 Å². The van der Waals surface area contributed by atoms with Crippen molar-refractivity contribution in [2.45, 2.75) is 6.54 Å². The molecule has 3 heteroatoms. The molecule has 0 atom stereocenters. The molecule has 3 rings (SSSR count). The van der Waals surface area contributed by atoms with Crippen molar-refractivity contribution in [2.24, 2.45) is 0 Å². The zero-order valence-corrected chi connectivity index (χ0v) is 12.5. The Morgan fingerprint density at radius 3 is 1.96 bits per heavy atom. The van der Waals surface area contributed by atoms with Crippen LogP contribution in [0.4, 0.5) is 10.1 Å². The van der Waals surface area contributed by atoms with Crippen LogP contribution in [0.15, 0.2) is 84.9 Å². The summed E-state index contributed by atoms with van der Waals surface area (Å²) in [6.45, 7) is 0.459. The quantitative estimate of drug-likeness (QED) is 0.686. The minimum absolute atomic E-state index is 0.153. The number of amides is 1. The second-order valence-electron chi connectivity index (χ2n) is 5.22. The van der Waals surface area contributed by atoms with Crippen LogP contribution in [-0.2, 0) is 6.54 Å². The molecule has 0 saturated carbocycles. The third-order valence-corrected chi connectivity index (χ3v) is 3.59. The number of halogens is 1. The first-order valence-corrected chi connectivity index (χ1v) is 7.40. The third-order valence-electron chi connectivity index (χ3n) is 3.59. The van der Waals surface area contributed by atoms with Gasteiger partial charge in [-0.3, -0.25) is 4.79 Å². The van der Waals surface area contributed by atoms with Crippen molar-refractivity contribution in [3.8, 4) is 0 Å². The number of para-hydroxylation sites is 1. The van der Waals surface area contributed by atoms with Crippen molar-refractivity contribution in [1.82, 2.24) is 0 Å². The van der Waals surface area contributed by atoms with Gasteiger partial charge in [0.05, 0.1) is 6.54 Å². The molecule has 0 saturated heterocycles. The first kappa shape index (κ1) is 15.0. The summed E-state index contributed by atoms with van der Waals surface area (Å²) in [5.74, 6) is -0.504. The van der Waals surface area contributed by atoms with Gasteiger partial charge in [-0.15, -0.1) is 0 Å². The number of carbonyl (C=O) groups excluding carboxylic acids is 1.